The Labute approximate surface area is 158 Å². The number of ether oxygens (including phenoxy) is 1. The second-order valence-electron chi connectivity index (χ2n) is 5.26. The predicted molar refractivity (Wildman–Crippen MR) is 104 cm³/mol. The number of esters is 1. The number of nitrogens with two attached hydrogens (primary N) is 1. The lowest BCUT2D eigenvalue weighted by molar-refractivity contribution is -0.142. The first-order valence-electron chi connectivity index (χ1n) is 7.78. The van der Waals surface area contributed by atoms with Crippen LogP contribution in [0, 0.1) is 0 Å². The molecule has 2 heterocycles. The maximum atomic E-state index is 12.1. The Morgan fingerprint density at radius 2 is 2.31 bits per heavy atom. The SMILES string of the molecule is CCOC(=O)Cc1csc(/N=C2\NC(=O)/C(=C/c3cccc(N)c3)S2)n1. The van der Waals surface area contributed by atoms with Crippen LogP contribution in [0.5, 0.6) is 0 Å². The van der Waals surface area contributed by atoms with Crippen LogP contribution in [0.3, 0.4) is 0 Å². The standard InChI is InChI=1S/C17H16N4O3S2/c1-2-24-14(22)8-12-9-25-16(19-12)21-17-20-15(23)13(26-17)7-10-4-3-5-11(18)6-10/h3-7,9H,2,8,18H2,1H3,(H,19,20,21,23)/b13-7-. The maximum absolute atomic E-state index is 12.1. The van der Waals surface area contributed by atoms with Gasteiger partial charge in [0.1, 0.15) is 0 Å². The minimum absolute atomic E-state index is 0.106. The van der Waals surface area contributed by atoms with Crippen LogP contribution in [0.25, 0.3) is 6.08 Å². The average Bonchev–Trinajstić information content (AvgIpc) is 3.15. The molecule has 1 aliphatic heterocycles. The summed E-state index contributed by atoms with van der Waals surface area (Å²) in [6.45, 7) is 2.09. The first kappa shape index (κ1) is 18.2. The number of nitrogen functional groups attached to an aromatic ring is 1. The van der Waals surface area contributed by atoms with Crippen molar-refractivity contribution in [3.05, 3.63) is 45.8 Å². The van der Waals surface area contributed by atoms with Crippen molar-refractivity contribution in [2.24, 2.45) is 4.99 Å². The zero-order valence-electron chi connectivity index (χ0n) is 13.9. The minimum atomic E-state index is -0.326. The number of hydrogen-bond donors (Lipinski definition) is 2. The second kappa shape index (κ2) is 8.15. The fraction of sp³-hybridized carbons (Fsp3) is 0.176. The van der Waals surface area contributed by atoms with E-state index >= 15 is 0 Å². The number of hydrogen-bond acceptors (Lipinski definition) is 8. The molecule has 3 N–H and O–H groups in total. The van der Waals surface area contributed by atoms with E-state index in [1.165, 1.54) is 23.1 Å². The molecule has 0 atom stereocenters. The van der Waals surface area contributed by atoms with Crippen LogP contribution in [0.1, 0.15) is 18.2 Å². The lowest BCUT2D eigenvalue weighted by Crippen LogP contribution is -2.19. The number of carbonyl (C=O) groups excluding carboxylic acids is 2. The fourth-order valence-corrected chi connectivity index (χ4v) is 3.73. The van der Waals surface area contributed by atoms with Gasteiger partial charge in [0.15, 0.2) is 5.17 Å². The summed E-state index contributed by atoms with van der Waals surface area (Å²) in [6.07, 6.45) is 1.86. The van der Waals surface area contributed by atoms with Crippen LogP contribution >= 0.6 is 23.1 Å². The number of benzene rings is 1. The van der Waals surface area contributed by atoms with Gasteiger partial charge in [-0.05, 0) is 42.5 Å². The molecule has 0 bridgehead atoms. The molecule has 9 heteroatoms. The van der Waals surface area contributed by atoms with Crippen molar-refractivity contribution >= 4 is 57.0 Å². The van der Waals surface area contributed by atoms with Gasteiger partial charge in [0, 0.05) is 11.1 Å². The van der Waals surface area contributed by atoms with E-state index in [-0.39, 0.29) is 18.3 Å². The Bertz CT molecular complexity index is 905. The quantitative estimate of drug-likeness (QED) is 0.463. The number of rotatable bonds is 5. The summed E-state index contributed by atoms with van der Waals surface area (Å²) in [7, 11) is 0. The van der Waals surface area contributed by atoms with Crippen molar-refractivity contribution in [1.82, 2.24) is 10.3 Å². The van der Waals surface area contributed by atoms with Gasteiger partial charge in [0.25, 0.3) is 5.91 Å². The van der Waals surface area contributed by atoms with E-state index in [2.05, 4.69) is 15.3 Å². The number of nitrogens with one attached hydrogen (secondary N) is 1. The molecule has 0 aliphatic carbocycles. The summed E-state index contributed by atoms with van der Waals surface area (Å²) in [5.41, 5.74) is 7.82. The van der Waals surface area contributed by atoms with Gasteiger partial charge in [-0.1, -0.05) is 12.1 Å². The van der Waals surface area contributed by atoms with Gasteiger partial charge < -0.3 is 15.8 Å². The van der Waals surface area contributed by atoms with Gasteiger partial charge in [-0.25, -0.2) is 4.98 Å². The van der Waals surface area contributed by atoms with E-state index in [1.54, 1.807) is 30.5 Å². The van der Waals surface area contributed by atoms with E-state index in [0.29, 0.717) is 33.2 Å². The van der Waals surface area contributed by atoms with Crippen LogP contribution < -0.4 is 11.1 Å². The average molecular weight is 388 g/mol. The smallest absolute Gasteiger partial charge is 0.311 e. The molecule has 1 amide bonds. The number of amidine groups is 1. The van der Waals surface area contributed by atoms with Crippen molar-refractivity contribution in [1.29, 1.82) is 0 Å². The molecule has 1 fully saturated rings. The molecule has 0 saturated carbocycles. The first-order chi connectivity index (χ1) is 12.5. The third-order valence-corrected chi connectivity index (χ3v) is 4.92. The minimum Gasteiger partial charge on any atom is -0.466 e. The molecular formula is C17H16N4O3S2. The number of nitrogens with zero attached hydrogens (tertiary/aromatic N) is 2. The van der Waals surface area contributed by atoms with Crippen LogP contribution in [0.15, 0.2) is 39.5 Å². The topological polar surface area (TPSA) is 107 Å². The maximum Gasteiger partial charge on any atom is 0.311 e. The summed E-state index contributed by atoms with van der Waals surface area (Å²) in [4.78, 5) is 32.7. The van der Waals surface area contributed by atoms with Crippen LogP contribution in [-0.2, 0) is 20.7 Å². The van der Waals surface area contributed by atoms with E-state index < -0.39 is 0 Å². The molecule has 1 aliphatic rings. The summed E-state index contributed by atoms with van der Waals surface area (Å²) in [6, 6.07) is 7.27. The van der Waals surface area contributed by atoms with Crippen molar-refractivity contribution in [3.8, 4) is 0 Å². The molecule has 3 rings (SSSR count). The number of thioether (sulfide) groups is 1. The molecule has 1 aromatic carbocycles. The molecule has 7 nitrogen and oxygen atoms in total. The van der Waals surface area contributed by atoms with Gasteiger partial charge in [-0.2, -0.15) is 4.99 Å². The van der Waals surface area contributed by atoms with Crippen molar-refractivity contribution in [2.45, 2.75) is 13.3 Å². The third-order valence-electron chi connectivity index (χ3n) is 3.23. The van der Waals surface area contributed by atoms with Gasteiger partial charge in [0.2, 0.25) is 5.13 Å². The highest BCUT2D eigenvalue weighted by Crippen LogP contribution is 2.29. The number of amides is 1. The lowest BCUT2D eigenvalue weighted by atomic mass is 10.2. The van der Waals surface area contributed by atoms with Gasteiger partial charge >= 0.3 is 5.97 Å². The highest BCUT2D eigenvalue weighted by atomic mass is 32.2. The Kier molecular flexibility index (Phi) is 5.69. The zero-order chi connectivity index (χ0) is 18.5. The number of aliphatic imine (C=N–C) groups is 1. The van der Waals surface area contributed by atoms with Gasteiger partial charge in [-0.3, -0.25) is 9.59 Å². The van der Waals surface area contributed by atoms with Crippen LogP contribution in [0.2, 0.25) is 0 Å². The second-order valence-corrected chi connectivity index (χ2v) is 7.12. The van der Waals surface area contributed by atoms with Crippen molar-refractivity contribution < 1.29 is 14.3 Å². The largest absolute Gasteiger partial charge is 0.466 e. The van der Waals surface area contributed by atoms with E-state index in [0.717, 1.165) is 5.56 Å². The normalized spacial score (nSPS) is 16.9. The van der Waals surface area contributed by atoms with E-state index in [1.807, 2.05) is 12.1 Å². The summed E-state index contributed by atoms with van der Waals surface area (Å²) < 4.78 is 4.89. The molecule has 26 heavy (non-hydrogen) atoms. The van der Waals surface area contributed by atoms with Crippen molar-refractivity contribution in [3.63, 3.8) is 0 Å². The van der Waals surface area contributed by atoms with E-state index in [9.17, 15) is 9.59 Å². The molecule has 134 valence electrons. The molecule has 0 spiro atoms. The van der Waals surface area contributed by atoms with Crippen molar-refractivity contribution in [2.75, 3.05) is 12.3 Å². The van der Waals surface area contributed by atoms with E-state index in [4.69, 9.17) is 10.5 Å². The number of anilines is 1. The summed E-state index contributed by atoms with van der Waals surface area (Å²) in [5, 5.41) is 5.37. The Hall–Kier alpha value is -2.65. The third kappa shape index (κ3) is 4.70. The van der Waals surface area contributed by atoms with Crippen LogP contribution in [0.4, 0.5) is 10.8 Å². The Balaban J connectivity index is 1.70. The molecule has 0 unspecified atom stereocenters. The van der Waals surface area contributed by atoms with Crippen LogP contribution in [-0.4, -0.2) is 28.6 Å². The lowest BCUT2D eigenvalue weighted by Gasteiger charge is -1.97. The highest BCUT2D eigenvalue weighted by molar-refractivity contribution is 8.18. The molecule has 1 saturated heterocycles. The number of aromatic nitrogens is 1. The summed E-state index contributed by atoms with van der Waals surface area (Å²) in [5.74, 6) is -0.549. The number of carbonyl (C=O) groups is 2. The fourth-order valence-electron chi connectivity index (χ4n) is 2.16. The zero-order valence-corrected chi connectivity index (χ0v) is 15.5. The monoisotopic (exact) mass is 388 g/mol. The van der Waals surface area contributed by atoms with Gasteiger partial charge in [-0.15, -0.1) is 11.3 Å². The first-order valence-corrected chi connectivity index (χ1v) is 9.48. The number of thiazole rings is 1. The molecule has 2 aromatic rings. The summed E-state index contributed by atoms with van der Waals surface area (Å²) >= 11 is 2.53. The Morgan fingerprint density at radius 3 is 3.08 bits per heavy atom. The molecule has 1 aromatic heterocycles. The Morgan fingerprint density at radius 1 is 1.46 bits per heavy atom. The molecule has 0 radical (unpaired) electrons. The molecular weight excluding hydrogens is 372 g/mol. The predicted octanol–water partition coefficient (Wildman–Crippen LogP) is 2.72. The highest BCUT2D eigenvalue weighted by Gasteiger charge is 2.24. The van der Waals surface area contributed by atoms with Gasteiger partial charge in [0.05, 0.1) is 23.6 Å².